The van der Waals surface area contributed by atoms with Gasteiger partial charge in [-0.05, 0) is 35.4 Å². The first kappa shape index (κ1) is 15.3. The fourth-order valence-corrected chi connectivity index (χ4v) is 2.57. The van der Waals surface area contributed by atoms with E-state index in [-0.39, 0.29) is 0 Å². The van der Waals surface area contributed by atoms with E-state index in [2.05, 4.69) is 0 Å². The van der Waals surface area contributed by atoms with Gasteiger partial charge in [0.25, 0.3) is 0 Å². The summed E-state index contributed by atoms with van der Waals surface area (Å²) in [5.74, 6) is 0. The molecule has 0 fully saturated rings. The third-order valence-electron chi connectivity index (χ3n) is 2.75. The number of hydrogen-bond acceptors (Lipinski definition) is 1. The number of benzene rings is 2. The zero-order chi connectivity index (χ0) is 14.5. The molecule has 0 aromatic heterocycles. The van der Waals surface area contributed by atoms with Gasteiger partial charge in [-0.25, -0.2) is 4.21 Å². The molecule has 0 aliphatic carbocycles. The average Bonchev–Trinajstić information content (AvgIpc) is 2.43. The molecule has 2 aromatic carbocycles. The van der Waals surface area contributed by atoms with E-state index in [1.54, 1.807) is 48.6 Å². The molecule has 0 spiro atoms. The SMILES string of the molecule is O=S(O)C(C=Cc1ccc(Cl)cc1)c1ccc(Cl)cc1. The summed E-state index contributed by atoms with van der Waals surface area (Å²) in [5, 5.41) is 0.656. The highest BCUT2D eigenvalue weighted by Gasteiger charge is 2.13. The van der Waals surface area contributed by atoms with Crippen molar-refractivity contribution < 1.29 is 8.76 Å². The van der Waals surface area contributed by atoms with E-state index >= 15 is 0 Å². The van der Waals surface area contributed by atoms with Gasteiger partial charge >= 0.3 is 0 Å². The standard InChI is InChI=1S/C15H12Cl2O2S/c16-13-6-1-11(2-7-13)3-10-15(20(18)19)12-4-8-14(17)9-5-12/h1-10,15H,(H,18,19). The Hall–Kier alpha value is -1.13. The van der Waals surface area contributed by atoms with Crippen molar-refractivity contribution in [3.8, 4) is 0 Å². The Labute approximate surface area is 130 Å². The predicted molar refractivity (Wildman–Crippen MR) is 85.5 cm³/mol. The van der Waals surface area contributed by atoms with Crippen LogP contribution in [0.25, 0.3) is 6.08 Å². The van der Waals surface area contributed by atoms with Crippen LogP contribution in [0.4, 0.5) is 0 Å². The largest absolute Gasteiger partial charge is 0.305 e. The minimum Gasteiger partial charge on any atom is -0.305 e. The maximum Gasteiger partial charge on any atom is 0.164 e. The summed E-state index contributed by atoms with van der Waals surface area (Å²) in [4.78, 5) is 0. The van der Waals surface area contributed by atoms with Crippen LogP contribution in [0.3, 0.4) is 0 Å². The lowest BCUT2D eigenvalue weighted by Crippen LogP contribution is -2.02. The highest BCUT2D eigenvalue weighted by Crippen LogP contribution is 2.23. The van der Waals surface area contributed by atoms with E-state index in [1.165, 1.54) is 0 Å². The molecule has 2 rings (SSSR count). The van der Waals surface area contributed by atoms with Crippen molar-refractivity contribution in [1.29, 1.82) is 0 Å². The van der Waals surface area contributed by atoms with Gasteiger partial charge in [-0.2, -0.15) is 0 Å². The predicted octanol–water partition coefficient (Wildman–Crippen LogP) is 4.97. The first-order valence-electron chi connectivity index (χ1n) is 5.85. The minimum absolute atomic E-state index is 0.594. The highest BCUT2D eigenvalue weighted by molar-refractivity contribution is 7.79. The Balaban J connectivity index is 2.23. The number of halogens is 2. The van der Waals surface area contributed by atoms with Crippen LogP contribution in [0, 0.1) is 0 Å². The molecule has 0 heterocycles. The Morgan fingerprint density at radius 2 is 1.45 bits per heavy atom. The summed E-state index contributed by atoms with van der Waals surface area (Å²) < 4.78 is 20.9. The summed E-state index contributed by atoms with van der Waals surface area (Å²) in [7, 11) is 0. The molecule has 2 nitrogen and oxygen atoms in total. The van der Waals surface area contributed by atoms with E-state index in [0.29, 0.717) is 10.0 Å². The van der Waals surface area contributed by atoms with Crippen LogP contribution in [0.5, 0.6) is 0 Å². The quantitative estimate of drug-likeness (QED) is 0.805. The smallest absolute Gasteiger partial charge is 0.164 e. The van der Waals surface area contributed by atoms with Gasteiger partial charge in [-0.3, -0.25) is 0 Å². The fourth-order valence-electron chi connectivity index (χ4n) is 1.72. The number of hydrogen-bond donors (Lipinski definition) is 1. The van der Waals surface area contributed by atoms with E-state index in [1.807, 2.05) is 12.1 Å². The van der Waals surface area contributed by atoms with Crippen LogP contribution < -0.4 is 0 Å². The Kier molecular flexibility index (Phi) is 5.38. The molecule has 2 unspecified atom stereocenters. The average molecular weight is 327 g/mol. The monoisotopic (exact) mass is 326 g/mol. The first-order chi connectivity index (χ1) is 9.56. The second-order valence-corrected chi connectivity index (χ2v) is 6.09. The van der Waals surface area contributed by atoms with Crippen LogP contribution in [0.1, 0.15) is 16.4 Å². The van der Waals surface area contributed by atoms with E-state index in [9.17, 15) is 8.76 Å². The van der Waals surface area contributed by atoms with Gasteiger partial charge in [-0.15, -0.1) is 0 Å². The lowest BCUT2D eigenvalue weighted by Gasteiger charge is -2.09. The molecule has 2 atom stereocenters. The Morgan fingerprint density at radius 1 is 0.950 bits per heavy atom. The third kappa shape index (κ3) is 4.18. The van der Waals surface area contributed by atoms with Gasteiger partial charge in [0.2, 0.25) is 0 Å². The van der Waals surface area contributed by atoms with Crippen molar-refractivity contribution >= 4 is 40.4 Å². The lowest BCUT2D eigenvalue weighted by atomic mass is 10.1. The van der Waals surface area contributed by atoms with Crippen molar-refractivity contribution in [1.82, 2.24) is 0 Å². The maximum atomic E-state index is 11.5. The molecule has 104 valence electrons. The molecule has 0 amide bonds. The van der Waals surface area contributed by atoms with Crippen molar-refractivity contribution in [2.75, 3.05) is 0 Å². The summed E-state index contributed by atoms with van der Waals surface area (Å²) in [6, 6.07) is 14.1. The van der Waals surface area contributed by atoms with Crippen LogP contribution in [0.15, 0.2) is 54.6 Å². The molecule has 0 radical (unpaired) electrons. The second kappa shape index (κ2) is 7.04. The first-order valence-corrected chi connectivity index (χ1v) is 7.78. The van der Waals surface area contributed by atoms with Crippen LogP contribution in [-0.2, 0) is 11.1 Å². The van der Waals surface area contributed by atoms with Gasteiger partial charge in [0, 0.05) is 10.0 Å². The molecule has 2 aromatic rings. The van der Waals surface area contributed by atoms with E-state index in [0.717, 1.165) is 11.1 Å². The van der Waals surface area contributed by atoms with Gasteiger partial charge < -0.3 is 4.55 Å². The fraction of sp³-hybridized carbons (Fsp3) is 0.0667. The normalized spacial score (nSPS) is 14.3. The van der Waals surface area contributed by atoms with Gasteiger partial charge in [0.1, 0.15) is 5.25 Å². The van der Waals surface area contributed by atoms with Gasteiger partial charge in [-0.1, -0.05) is 59.6 Å². The Morgan fingerprint density at radius 3 is 1.95 bits per heavy atom. The van der Waals surface area contributed by atoms with Crippen LogP contribution in [-0.4, -0.2) is 8.76 Å². The maximum absolute atomic E-state index is 11.5. The van der Waals surface area contributed by atoms with Crippen molar-refractivity contribution in [3.63, 3.8) is 0 Å². The van der Waals surface area contributed by atoms with Gasteiger partial charge in [0.15, 0.2) is 11.1 Å². The molecule has 5 heteroatoms. The van der Waals surface area contributed by atoms with Crippen LogP contribution >= 0.6 is 23.2 Å². The molecule has 0 saturated carbocycles. The van der Waals surface area contributed by atoms with Crippen LogP contribution in [0.2, 0.25) is 10.0 Å². The summed E-state index contributed by atoms with van der Waals surface area (Å²) in [6.45, 7) is 0. The second-order valence-electron chi connectivity index (χ2n) is 4.16. The minimum atomic E-state index is -1.99. The van der Waals surface area contributed by atoms with Crippen molar-refractivity contribution in [2.24, 2.45) is 0 Å². The van der Waals surface area contributed by atoms with E-state index < -0.39 is 16.3 Å². The molecule has 0 aliphatic heterocycles. The highest BCUT2D eigenvalue weighted by atomic mass is 35.5. The van der Waals surface area contributed by atoms with Gasteiger partial charge in [0.05, 0.1) is 0 Å². The molecule has 0 bridgehead atoms. The summed E-state index contributed by atoms with van der Waals surface area (Å²) in [5.41, 5.74) is 1.65. The third-order valence-corrected chi connectivity index (χ3v) is 4.12. The lowest BCUT2D eigenvalue weighted by molar-refractivity contribution is 0.558. The summed E-state index contributed by atoms with van der Waals surface area (Å²) >= 11 is 9.63. The molecular weight excluding hydrogens is 315 g/mol. The Bertz CT molecular complexity index is 621. The van der Waals surface area contributed by atoms with Crippen molar-refractivity contribution in [2.45, 2.75) is 5.25 Å². The van der Waals surface area contributed by atoms with E-state index in [4.69, 9.17) is 23.2 Å². The summed E-state index contributed by atoms with van der Waals surface area (Å²) in [6.07, 6.45) is 3.49. The molecular formula is C15H12Cl2O2S. The molecule has 0 saturated heterocycles. The molecule has 0 aliphatic rings. The zero-order valence-electron chi connectivity index (χ0n) is 10.4. The number of rotatable bonds is 4. The zero-order valence-corrected chi connectivity index (χ0v) is 12.7. The topological polar surface area (TPSA) is 37.3 Å². The molecule has 1 N–H and O–H groups in total. The molecule has 20 heavy (non-hydrogen) atoms. The van der Waals surface area contributed by atoms with Crippen molar-refractivity contribution in [3.05, 3.63) is 75.8 Å².